The molecule has 1 aliphatic rings. The minimum atomic E-state index is -0.254. The fraction of sp³-hybridized carbons (Fsp3) is 0.333. The molecule has 1 N–H and O–H groups in total. The van der Waals surface area contributed by atoms with Gasteiger partial charge >= 0.3 is 5.97 Å². The fourth-order valence-corrected chi connectivity index (χ4v) is 2.09. The molecule has 0 bridgehead atoms. The van der Waals surface area contributed by atoms with E-state index < -0.39 is 0 Å². The van der Waals surface area contributed by atoms with Crippen LogP contribution >= 0.6 is 0 Å². The molecule has 0 saturated carbocycles. The number of methoxy groups -OCH3 is 1. The molecule has 0 aromatic heterocycles. The third-order valence-electron chi connectivity index (χ3n) is 2.89. The summed E-state index contributed by atoms with van der Waals surface area (Å²) in [6.45, 7) is 0. The van der Waals surface area contributed by atoms with Crippen LogP contribution in [0.25, 0.3) is 0 Å². The Morgan fingerprint density at radius 2 is 2.19 bits per heavy atom. The number of ether oxygens (including phenoxy) is 1. The van der Waals surface area contributed by atoms with E-state index in [1.54, 1.807) is 0 Å². The average Bonchev–Trinajstić information content (AvgIpc) is 2.36. The van der Waals surface area contributed by atoms with Gasteiger partial charge in [0.05, 0.1) is 18.7 Å². The van der Waals surface area contributed by atoms with Crippen LogP contribution in [0.1, 0.15) is 17.5 Å². The van der Waals surface area contributed by atoms with Crippen molar-refractivity contribution in [2.45, 2.75) is 12.8 Å². The SMILES string of the molecule is COC(=O)C1C/C(=N\O)c2ccccc2C1. The second-order valence-corrected chi connectivity index (χ2v) is 3.83. The van der Waals surface area contributed by atoms with Crippen molar-refractivity contribution in [2.24, 2.45) is 11.1 Å². The van der Waals surface area contributed by atoms with Crippen molar-refractivity contribution in [2.75, 3.05) is 7.11 Å². The zero-order valence-corrected chi connectivity index (χ0v) is 9.01. The lowest BCUT2D eigenvalue weighted by Gasteiger charge is -2.23. The Hall–Kier alpha value is -1.84. The lowest BCUT2D eigenvalue weighted by atomic mass is 9.82. The first kappa shape index (κ1) is 10.7. The monoisotopic (exact) mass is 219 g/mol. The minimum Gasteiger partial charge on any atom is -0.469 e. The van der Waals surface area contributed by atoms with E-state index in [2.05, 4.69) is 5.16 Å². The van der Waals surface area contributed by atoms with Gasteiger partial charge in [0.1, 0.15) is 0 Å². The number of carbonyl (C=O) groups is 1. The smallest absolute Gasteiger partial charge is 0.309 e. The minimum absolute atomic E-state index is 0.245. The van der Waals surface area contributed by atoms with E-state index in [9.17, 15) is 4.79 Å². The Balaban J connectivity index is 2.36. The maximum absolute atomic E-state index is 11.5. The van der Waals surface area contributed by atoms with Crippen molar-refractivity contribution in [3.8, 4) is 0 Å². The highest BCUT2D eigenvalue weighted by atomic mass is 16.5. The molecule has 2 rings (SSSR count). The highest BCUT2D eigenvalue weighted by molar-refractivity contribution is 6.04. The van der Waals surface area contributed by atoms with E-state index in [0.717, 1.165) is 11.1 Å². The number of oxime groups is 1. The molecular formula is C12H13NO3. The number of rotatable bonds is 1. The quantitative estimate of drug-likeness (QED) is 0.443. The summed E-state index contributed by atoms with van der Waals surface area (Å²) in [5.41, 5.74) is 2.50. The molecule has 1 atom stereocenters. The molecule has 0 heterocycles. The molecule has 0 amide bonds. The van der Waals surface area contributed by atoms with Gasteiger partial charge in [-0.1, -0.05) is 29.4 Å². The third-order valence-corrected chi connectivity index (χ3v) is 2.89. The van der Waals surface area contributed by atoms with Gasteiger partial charge in [-0.3, -0.25) is 4.79 Å². The molecule has 0 spiro atoms. The molecular weight excluding hydrogens is 206 g/mol. The Bertz CT molecular complexity index is 440. The third kappa shape index (κ3) is 1.78. The number of hydrogen-bond acceptors (Lipinski definition) is 4. The summed E-state index contributed by atoms with van der Waals surface area (Å²) >= 11 is 0. The van der Waals surface area contributed by atoms with Gasteiger partial charge in [-0.25, -0.2) is 0 Å². The zero-order chi connectivity index (χ0) is 11.5. The summed E-state index contributed by atoms with van der Waals surface area (Å²) in [5, 5.41) is 12.2. The van der Waals surface area contributed by atoms with Crippen LogP contribution < -0.4 is 0 Å². The van der Waals surface area contributed by atoms with Crippen LogP contribution in [0.4, 0.5) is 0 Å². The van der Waals surface area contributed by atoms with Crippen LogP contribution in [0.3, 0.4) is 0 Å². The number of nitrogens with zero attached hydrogens (tertiary/aromatic N) is 1. The highest BCUT2D eigenvalue weighted by Crippen LogP contribution is 2.26. The number of hydrogen-bond donors (Lipinski definition) is 1. The van der Waals surface area contributed by atoms with E-state index in [1.807, 2.05) is 24.3 Å². The average molecular weight is 219 g/mol. The molecule has 16 heavy (non-hydrogen) atoms. The van der Waals surface area contributed by atoms with Gasteiger partial charge in [0, 0.05) is 12.0 Å². The Kier molecular flexibility index (Phi) is 2.90. The normalized spacial score (nSPS) is 21.6. The zero-order valence-electron chi connectivity index (χ0n) is 9.01. The van der Waals surface area contributed by atoms with Gasteiger partial charge in [-0.05, 0) is 12.0 Å². The van der Waals surface area contributed by atoms with Crippen LogP contribution in [0.15, 0.2) is 29.4 Å². The molecule has 0 aliphatic heterocycles. The number of benzene rings is 1. The Morgan fingerprint density at radius 3 is 2.88 bits per heavy atom. The van der Waals surface area contributed by atoms with E-state index in [4.69, 9.17) is 9.94 Å². The summed E-state index contributed by atoms with van der Waals surface area (Å²) in [5.74, 6) is -0.499. The lowest BCUT2D eigenvalue weighted by molar-refractivity contribution is -0.145. The summed E-state index contributed by atoms with van der Waals surface area (Å²) in [6.07, 6.45) is 1.07. The van der Waals surface area contributed by atoms with Gasteiger partial charge in [-0.2, -0.15) is 0 Å². The van der Waals surface area contributed by atoms with E-state index >= 15 is 0 Å². The largest absolute Gasteiger partial charge is 0.469 e. The van der Waals surface area contributed by atoms with Crippen LogP contribution in [0.5, 0.6) is 0 Å². The Morgan fingerprint density at radius 1 is 1.44 bits per heavy atom. The van der Waals surface area contributed by atoms with Crippen molar-refractivity contribution in [3.05, 3.63) is 35.4 Å². The van der Waals surface area contributed by atoms with Gasteiger partial charge in [-0.15, -0.1) is 0 Å². The molecule has 1 aromatic carbocycles. The molecule has 4 nitrogen and oxygen atoms in total. The molecule has 1 unspecified atom stereocenters. The number of fused-ring (bicyclic) bond motifs is 1. The first-order valence-corrected chi connectivity index (χ1v) is 5.13. The van der Waals surface area contributed by atoms with Crippen molar-refractivity contribution >= 4 is 11.7 Å². The van der Waals surface area contributed by atoms with Crippen LogP contribution in [-0.4, -0.2) is 24.0 Å². The highest BCUT2D eigenvalue weighted by Gasteiger charge is 2.29. The van der Waals surface area contributed by atoms with Gasteiger partial charge in [0.25, 0.3) is 0 Å². The predicted molar refractivity (Wildman–Crippen MR) is 58.6 cm³/mol. The van der Waals surface area contributed by atoms with Gasteiger partial charge < -0.3 is 9.94 Å². The van der Waals surface area contributed by atoms with E-state index in [0.29, 0.717) is 18.6 Å². The second kappa shape index (κ2) is 4.35. The molecule has 1 aliphatic carbocycles. The summed E-state index contributed by atoms with van der Waals surface area (Å²) in [7, 11) is 1.37. The lowest BCUT2D eigenvalue weighted by Crippen LogP contribution is -2.27. The Labute approximate surface area is 93.5 Å². The number of carbonyl (C=O) groups excluding carboxylic acids is 1. The summed E-state index contributed by atoms with van der Waals surface area (Å²) in [6, 6.07) is 7.64. The topological polar surface area (TPSA) is 58.9 Å². The van der Waals surface area contributed by atoms with Crippen molar-refractivity contribution < 1.29 is 14.7 Å². The molecule has 84 valence electrons. The van der Waals surface area contributed by atoms with Crippen LogP contribution in [0, 0.1) is 5.92 Å². The van der Waals surface area contributed by atoms with E-state index in [-0.39, 0.29) is 11.9 Å². The van der Waals surface area contributed by atoms with Gasteiger partial charge in [0.15, 0.2) is 0 Å². The molecule has 0 saturated heterocycles. The van der Waals surface area contributed by atoms with Gasteiger partial charge in [0.2, 0.25) is 0 Å². The summed E-state index contributed by atoms with van der Waals surface area (Å²) < 4.78 is 4.72. The first-order chi connectivity index (χ1) is 7.76. The fourth-order valence-electron chi connectivity index (χ4n) is 2.09. The second-order valence-electron chi connectivity index (χ2n) is 3.83. The standard InChI is InChI=1S/C12H13NO3/c1-16-12(14)9-6-8-4-2-3-5-10(8)11(7-9)13-15/h2-5,9,15H,6-7H2,1H3/b13-11+. The molecule has 0 radical (unpaired) electrons. The summed E-state index contributed by atoms with van der Waals surface area (Å²) in [4.78, 5) is 11.5. The molecule has 4 heteroatoms. The molecule has 0 fully saturated rings. The molecule has 1 aromatic rings. The maximum atomic E-state index is 11.5. The van der Waals surface area contributed by atoms with Crippen LogP contribution in [0.2, 0.25) is 0 Å². The predicted octanol–water partition coefficient (Wildman–Crippen LogP) is 1.60. The maximum Gasteiger partial charge on any atom is 0.309 e. The number of esters is 1. The van der Waals surface area contributed by atoms with Crippen molar-refractivity contribution in [1.29, 1.82) is 0 Å². The van der Waals surface area contributed by atoms with Crippen molar-refractivity contribution in [3.63, 3.8) is 0 Å². The first-order valence-electron chi connectivity index (χ1n) is 5.13. The van der Waals surface area contributed by atoms with E-state index in [1.165, 1.54) is 7.11 Å². The van der Waals surface area contributed by atoms with Crippen molar-refractivity contribution in [1.82, 2.24) is 0 Å². The van der Waals surface area contributed by atoms with Crippen LogP contribution in [-0.2, 0) is 16.0 Å².